The molecule has 36 heavy (non-hydrogen) atoms. The molecule has 0 fully saturated rings. The van der Waals surface area contributed by atoms with Gasteiger partial charge in [-0.2, -0.15) is 0 Å². The van der Waals surface area contributed by atoms with Gasteiger partial charge in [-0.25, -0.2) is 18.1 Å². The standard InChI is InChI=1S/C26H22N4O4S2/c31-21-13-12-20(23-24(21)30-25(29-23)18-5-2-1-3-6-18)26(32)28-19-10-8-17(9-11-19)14-15-27-36(33,34)22-7-4-16-35-22/h1-13,16,27,31H,14-15H2,(H,28,32)(H,29,30). The van der Waals surface area contributed by atoms with E-state index in [4.69, 9.17) is 0 Å². The number of imidazole rings is 1. The van der Waals surface area contributed by atoms with Crippen molar-refractivity contribution >= 4 is 44.0 Å². The maximum atomic E-state index is 13.0. The number of nitrogens with one attached hydrogen (secondary N) is 3. The molecule has 2 heterocycles. The van der Waals surface area contributed by atoms with Crippen LogP contribution in [0.5, 0.6) is 5.75 Å². The number of hydrogen-bond acceptors (Lipinski definition) is 6. The molecule has 0 saturated heterocycles. The Morgan fingerprint density at radius 3 is 2.47 bits per heavy atom. The average molecular weight is 519 g/mol. The van der Waals surface area contributed by atoms with Crippen LogP contribution in [0.1, 0.15) is 15.9 Å². The number of H-pyrrole nitrogens is 1. The molecule has 4 N–H and O–H groups in total. The van der Waals surface area contributed by atoms with E-state index in [1.54, 1.807) is 29.6 Å². The number of nitrogens with zero attached hydrogens (tertiary/aromatic N) is 1. The Morgan fingerprint density at radius 2 is 1.75 bits per heavy atom. The maximum Gasteiger partial charge on any atom is 0.257 e. The fourth-order valence-corrected chi connectivity index (χ4v) is 5.83. The van der Waals surface area contributed by atoms with Gasteiger partial charge in [-0.05, 0) is 47.7 Å². The first-order valence-corrected chi connectivity index (χ1v) is 13.5. The summed E-state index contributed by atoms with van der Waals surface area (Å²) in [7, 11) is -3.49. The fourth-order valence-electron chi connectivity index (χ4n) is 3.76. The Kier molecular flexibility index (Phi) is 6.55. The number of hydrogen-bond donors (Lipinski definition) is 4. The Morgan fingerprint density at radius 1 is 0.972 bits per heavy atom. The summed E-state index contributed by atoms with van der Waals surface area (Å²) in [6, 6.07) is 22.9. The van der Waals surface area contributed by atoms with Crippen LogP contribution >= 0.6 is 11.3 Å². The van der Waals surface area contributed by atoms with Gasteiger partial charge in [-0.3, -0.25) is 4.79 Å². The largest absolute Gasteiger partial charge is 0.506 e. The molecule has 5 rings (SSSR count). The molecule has 0 bridgehead atoms. The van der Waals surface area contributed by atoms with Gasteiger partial charge in [0.2, 0.25) is 10.0 Å². The Bertz CT molecular complexity index is 1610. The van der Waals surface area contributed by atoms with Crippen LogP contribution in [-0.4, -0.2) is 35.9 Å². The van der Waals surface area contributed by atoms with Crippen molar-refractivity contribution in [3.8, 4) is 17.1 Å². The Labute approximate surface area is 211 Å². The molecule has 0 aliphatic rings. The van der Waals surface area contributed by atoms with Crippen LogP contribution in [0.3, 0.4) is 0 Å². The van der Waals surface area contributed by atoms with Crippen molar-refractivity contribution in [1.29, 1.82) is 0 Å². The molecule has 0 saturated carbocycles. The third-order valence-electron chi connectivity index (χ3n) is 5.59. The zero-order chi connectivity index (χ0) is 25.1. The highest BCUT2D eigenvalue weighted by atomic mass is 32.2. The Balaban J connectivity index is 1.27. The highest BCUT2D eigenvalue weighted by Gasteiger charge is 2.18. The van der Waals surface area contributed by atoms with Gasteiger partial charge in [0, 0.05) is 17.8 Å². The van der Waals surface area contributed by atoms with Gasteiger partial charge in [-0.15, -0.1) is 11.3 Å². The van der Waals surface area contributed by atoms with E-state index in [1.165, 1.54) is 23.5 Å². The third kappa shape index (κ3) is 5.01. The summed E-state index contributed by atoms with van der Waals surface area (Å²) in [4.78, 5) is 20.7. The van der Waals surface area contributed by atoms with Crippen molar-refractivity contribution in [2.75, 3.05) is 11.9 Å². The number of carbonyl (C=O) groups is 1. The van der Waals surface area contributed by atoms with Crippen molar-refractivity contribution in [1.82, 2.24) is 14.7 Å². The van der Waals surface area contributed by atoms with E-state index in [2.05, 4.69) is 20.0 Å². The highest BCUT2D eigenvalue weighted by molar-refractivity contribution is 7.91. The molecule has 1 amide bonds. The number of fused-ring (bicyclic) bond motifs is 1. The predicted molar refractivity (Wildman–Crippen MR) is 141 cm³/mol. The summed E-state index contributed by atoms with van der Waals surface area (Å²) in [5.41, 5.74) is 3.44. The van der Waals surface area contributed by atoms with E-state index < -0.39 is 10.0 Å². The molecule has 0 aliphatic carbocycles. The molecule has 0 unspecified atom stereocenters. The zero-order valence-corrected chi connectivity index (χ0v) is 20.6. The number of sulfonamides is 1. The molecular formula is C26H22N4O4S2. The summed E-state index contributed by atoms with van der Waals surface area (Å²) in [5, 5.41) is 14.9. The third-order valence-corrected chi connectivity index (χ3v) is 8.45. The number of aromatic amines is 1. The van der Waals surface area contributed by atoms with Gasteiger partial charge in [0.1, 0.15) is 26.8 Å². The number of amides is 1. The van der Waals surface area contributed by atoms with Crippen LogP contribution < -0.4 is 10.0 Å². The topological polar surface area (TPSA) is 124 Å². The molecule has 0 atom stereocenters. The van der Waals surface area contributed by atoms with Crippen LogP contribution in [0.25, 0.3) is 22.4 Å². The summed E-state index contributed by atoms with van der Waals surface area (Å²) >= 11 is 1.17. The van der Waals surface area contributed by atoms with Crippen molar-refractivity contribution in [3.63, 3.8) is 0 Å². The first kappa shape index (κ1) is 23.7. The van der Waals surface area contributed by atoms with Gasteiger partial charge < -0.3 is 15.4 Å². The molecule has 3 aromatic carbocycles. The summed E-state index contributed by atoms with van der Waals surface area (Å²) < 4.78 is 27.3. The van der Waals surface area contributed by atoms with Gasteiger partial charge in [-0.1, -0.05) is 48.5 Å². The second kappa shape index (κ2) is 9.94. The lowest BCUT2D eigenvalue weighted by molar-refractivity contribution is 0.102. The number of aromatic hydroxyl groups is 1. The maximum absolute atomic E-state index is 13.0. The van der Waals surface area contributed by atoms with Crippen molar-refractivity contribution in [2.45, 2.75) is 10.6 Å². The summed E-state index contributed by atoms with van der Waals surface area (Å²) in [6.07, 6.45) is 0.507. The minimum absolute atomic E-state index is 0.00952. The van der Waals surface area contributed by atoms with Crippen molar-refractivity contribution in [3.05, 3.63) is 95.4 Å². The quantitative estimate of drug-likeness (QED) is 0.236. The van der Waals surface area contributed by atoms with E-state index >= 15 is 0 Å². The van der Waals surface area contributed by atoms with Crippen LogP contribution in [0, 0.1) is 0 Å². The lowest BCUT2D eigenvalue weighted by Crippen LogP contribution is -2.25. The molecule has 182 valence electrons. The van der Waals surface area contributed by atoms with E-state index in [1.807, 2.05) is 42.5 Å². The number of benzene rings is 3. The van der Waals surface area contributed by atoms with E-state index in [0.29, 0.717) is 34.5 Å². The molecule has 5 aromatic rings. The highest BCUT2D eigenvalue weighted by Crippen LogP contribution is 2.29. The van der Waals surface area contributed by atoms with Gasteiger partial charge in [0.15, 0.2) is 0 Å². The van der Waals surface area contributed by atoms with Crippen LogP contribution in [-0.2, 0) is 16.4 Å². The van der Waals surface area contributed by atoms with Crippen molar-refractivity contribution in [2.24, 2.45) is 0 Å². The molecular weight excluding hydrogens is 496 g/mol. The van der Waals surface area contributed by atoms with Gasteiger partial charge >= 0.3 is 0 Å². The monoisotopic (exact) mass is 518 g/mol. The van der Waals surface area contributed by atoms with Gasteiger partial charge in [0.25, 0.3) is 5.91 Å². The zero-order valence-electron chi connectivity index (χ0n) is 18.9. The van der Waals surface area contributed by atoms with Crippen LogP contribution in [0.15, 0.2) is 88.5 Å². The number of thiophene rings is 1. The number of carbonyl (C=O) groups excluding carboxylic acids is 1. The molecule has 8 nitrogen and oxygen atoms in total. The summed E-state index contributed by atoms with van der Waals surface area (Å²) in [6.45, 7) is 0.264. The van der Waals surface area contributed by atoms with E-state index in [-0.39, 0.29) is 22.4 Å². The lowest BCUT2D eigenvalue weighted by atomic mass is 10.1. The number of phenolic OH excluding ortho intramolecular Hbond substituents is 1. The molecule has 0 spiro atoms. The lowest BCUT2D eigenvalue weighted by Gasteiger charge is -2.08. The number of rotatable bonds is 8. The van der Waals surface area contributed by atoms with E-state index in [0.717, 1.165) is 11.1 Å². The van der Waals surface area contributed by atoms with Gasteiger partial charge in [0.05, 0.1) is 5.56 Å². The van der Waals surface area contributed by atoms with E-state index in [9.17, 15) is 18.3 Å². The second-order valence-electron chi connectivity index (χ2n) is 8.04. The minimum Gasteiger partial charge on any atom is -0.506 e. The fraction of sp³-hybridized carbons (Fsp3) is 0.0769. The SMILES string of the molecule is O=C(Nc1ccc(CCNS(=O)(=O)c2cccs2)cc1)c1ccc(O)c2[nH]c(-c3ccccc3)nc12. The normalized spacial score (nSPS) is 11.6. The average Bonchev–Trinajstić information content (AvgIpc) is 3.58. The first-order chi connectivity index (χ1) is 17.4. The van der Waals surface area contributed by atoms with Crippen LogP contribution in [0.2, 0.25) is 0 Å². The first-order valence-electron chi connectivity index (χ1n) is 11.1. The van der Waals surface area contributed by atoms with Crippen molar-refractivity contribution < 1.29 is 18.3 Å². The van der Waals surface area contributed by atoms with Crippen LogP contribution in [0.4, 0.5) is 5.69 Å². The molecule has 2 aromatic heterocycles. The molecule has 0 radical (unpaired) electrons. The second-order valence-corrected chi connectivity index (χ2v) is 11.0. The Hall–Kier alpha value is -3.99. The summed E-state index contributed by atoms with van der Waals surface area (Å²) in [5.74, 6) is 0.207. The number of phenols is 1. The minimum atomic E-state index is -3.49. The smallest absolute Gasteiger partial charge is 0.257 e. The molecule has 0 aliphatic heterocycles. The number of anilines is 1. The number of aromatic nitrogens is 2. The predicted octanol–water partition coefficient (Wildman–Crippen LogP) is 4.77. The molecule has 10 heteroatoms.